The molecule has 6 nitrogen and oxygen atoms in total. The molecule has 2 amide bonds. The van der Waals surface area contributed by atoms with Gasteiger partial charge in [-0.15, -0.1) is 0 Å². The van der Waals surface area contributed by atoms with Crippen molar-refractivity contribution in [2.45, 2.75) is 18.4 Å². The van der Waals surface area contributed by atoms with Gasteiger partial charge in [0, 0.05) is 19.4 Å². The van der Waals surface area contributed by atoms with Crippen molar-refractivity contribution in [3.63, 3.8) is 0 Å². The maximum atomic E-state index is 12.2. The second-order valence-electron chi connectivity index (χ2n) is 6.20. The molecule has 0 radical (unpaired) electrons. The predicted molar refractivity (Wildman–Crippen MR) is 95.4 cm³/mol. The average Bonchev–Trinajstić information content (AvgIpc) is 2.96. The molecule has 132 valence electrons. The van der Waals surface area contributed by atoms with E-state index >= 15 is 0 Å². The Morgan fingerprint density at radius 3 is 2.36 bits per heavy atom. The average molecular weight is 342 g/mol. The minimum absolute atomic E-state index is 0.166. The standard InChI is InChI=1S/C19H22N2O4/c1-24-16-9-5-8-15(17(16)25-2)21-18(22)20-12-19(23)10-13-6-3-4-7-14(13)11-19/h3-9,23H,10-12H2,1-2H3,(H2,20,21,22). The number of hydrogen-bond donors (Lipinski definition) is 3. The molecule has 0 saturated carbocycles. The van der Waals surface area contributed by atoms with E-state index in [0.29, 0.717) is 30.0 Å². The number of anilines is 1. The monoisotopic (exact) mass is 342 g/mol. The number of aliphatic hydroxyl groups is 1. The molecular formula is C19H22N2O4. The van der Waals surface area contributed by atoms with Gasteiger partial charge in [-0.1, -0.05) is 30.3 Å². The van der Waals surface area contributed by atoms with Crippen LogP contribution in [0.5, 0.6) is 11.5 Å². The Morgan fingerprint density at radius 2 is 1.76 bits per heavy atom. The number of para-hydroxylation sites is 1. The summed E-state index contributed by atoms with van der Waals surface area (Å²) in [5.41, 5.74) is 1.80. The summed E-state index contributed by atoms with van der Waals surface area (Å²) in [4.78, 5) is 12.2. The Kier molecular flexibility index (Phi) is 4.81. The van der Waals surface area contributed by atoms with E-state index in [1.807, 2.05) is 24.3 Å². The van der Waals surface area contributed by atoms with Crippen molar-refractivity contribution in [3.8, 4) is 11.5 Å². The van der Waals surface area contributed by atoms with Crippen molar-refractivity contribution in [3.05, 3.63) is 53.6 Å². The van der Waals surface area contributed by atoms with E-state index in [-0.39, 0.29) is 6.54 Å². The number of amides is 2. The van der Waals surface area contributed by atoms with E-state index in [1.165, 1.54) is 14.2 Å². The highest BCUT2D eigenvalue weighted by atomic mass is 16.5. The van der Waals surface area contributed by atoms with Gasteiger partial charge >= 0.3 is 6.03 Å². The molecule has 0 saturated heterocycles. The van der Waals surface area contributed by atoms with Crippen LogP contribution in [0.25, 0.3) is 0 Å². The van der Waals surface area contributed by atoms with Crippen LogP contribution in [-0.4, -0.2) is 37.5 Å². The molecule has 2 aromatic carbocycles. The normalized spacial score (nSPS) is 14.5. The lowest BCUT2D eigenvalue weighted by molar-refractivity contribution is 0.0541. The highest BCUT2D eigenvalue weighted by Crippen LogP contribution is 2.34. The summed E-state index contributed by atoms with van der Waals surface area (Å²) >= 11 is 0. The Balaban J connectivity index is 1.61. The van der Waals surface area contributed by atoms with Crippen molar-refractivity contribution >= 4 is 11.7 Å². The van der Waals surface area contributed by atoms with Crippen LogP contribution in [0, 0.1) is 0 Å². The number of nitrogens with one attached hydrogen (secondary N) is 2. The van der Waals surface area contributed by atoms with Gasteiger partial charge in [-0.05, 0) is 23.3 Å². The maximum absolute atomic E-state index is 12.2. The first-order chi connectivity index (χ1) is 12.0. The van der Waals surface area contributed by atoms with E-state index in [0.717, 1.165) is 11.1 Å². The number of hydrogen-bond acceptors (Lipinski definition) is 4. The van der Waals surface area contributed by atoms with E-state index in [4.69, 9.17) is 9.47 Å². The minimum Gasteiger partial charge on any atom is -0.493 e. The lowest BCUT2D eigenvalue weighted by Crippen LogP contribution is -2.45. The summed E-state index contributed by atoms with van der Waals surface area (Å²) in [5.74, 6) is 0.984. The number of fused-ring (bicyclic) bond motifs is 1. The second kappa shape index (κ2) is 7.03. The number of rotatable bonds is 5. The van der Waals surface area contributed by atoms with Crippen LogP contribution in [0.2, 0.25) is 0 Å². The first-order valence-electron chi connectivity index (χ1n) is 8.10. The van der Waals surface area contributed by atoms with Crippen LogP contribution in [0.1, 0.15) is 11.1 Å². The zero-order valence-electron chi connectivity index (χ0n) is 14.3. The summed E-state index contributed by atoms with van der Waals surface area (Å²) in [5, 5.41) is 16.2. The topological polar surface area (TPSA) is 79.8 Å². The van der Waals surface area contributed by atoms with Crippen LogP contribution in [0.3, 0.4) is 0 Å². The highest BCUT2D eigenvalue weighted by Gasteiger charge is 2.35. The van der Waals surface area contributed by atoms with Gasteiger partial charge in [-0.25, -0.2) is 4.79 Å². The molecule has 1 aliphatic carbocycles. The van der Waals surface area contributed by atoms with Gasteiger partial charge in [0.25, 0.3) is 0 Å². The number of carbonyl (C=O) groups is 1. The molecule has 0 spiro atoms. The highest BCUT2D eigenvalue weighted by molar-refractivity contribution is 5.91. The molecule has 1 aliphatic rings. The number of benzene rings is 2. The third kappa shape index (κ3) is 3.69. The Hall–Kier alpha value is -2.73. The summed E-state index contributed by atoms with van der Waals surface area (Å²) in [7, 11) is 3.05. The quantitative estimate of drug-likeness (QED) is 0.779. The fourth-order valence-electron chi connectivity index (χ4n) is 3.20. The predicted octanol–water partition coefficient (Wildman–Crippen LogP) is 2.36. The van der Waals surface area contributed by atoms with Gasteiger partial charge in [-0.3, -0.25) is 0 Å². The second-order valence-corrected chi connectivity index (χ2v) is 6.20. The third-order valence-electron chi connectivity index (χ3n) is 4.39. The molecule has 0 fully saturated rings. The zero-order valence-corrected chi connectivity index (χ0v) is 14.3. The molecule has 0 heterocycles. The van der Waals surface area contributed by atoms with Gasteiger partial charge < -0.3 is 25.2 Å². The maximum Gasteiger partial charge on any atom is 0.319 e. The van der Waals surface area contributed by atoms with Gasteiger partial charge in [0.15, 0.2) is 11.5 Å². The van der Waals surface area contributed by atoms with Crippen LogP contribution >= 0.6 is 0 Å². The number of carbonyl (C=O) groups excluding carboxylic acids is 1. The summed E-state index contributed by atoms with van der Waals surface area (Å²) in [6, 6.07) is 12.8. The Labute approximate surface area is 146 Å². The van der Waals surface area contributed by atoms with Gasteiger partial charge in [-0.2, -0.15) is 0 Å². The van der Waals surface area contributed by atoms with Crippen LogP contribution in [0.15, 0.2) is 42.5 Å². The molecule has 3 rings (SSSR count). The molecule has 0 atom stereocenters. The summed E-state index contributed by atoms with van der Waals surface area (Å²) < 4.78 is 10.5. The lowest BCUT2D eigenvalue weighted by atomic mass is 10.0. The number of urea groups is 1. The van der Waals surface area contributed by atoms with E-state index in [1.54, 1.807) is 18.2 Å². The van der Waals surface area contributed by atoms with E-state index < -0.39 is 11.6 Å². The largest absolute Gasteiger partial charge is 0.493 e. The first kappa shape index (κ1) is 17.1. The molecule has 0 bridgehead atoms. The fourth-order valence-corrected chi connectivity index (χ4v) is 3.20. The SMILES string of the molecule is COc1cccc(NC(=O)NCC2(O)Cc3ccccc3C2)c1OC. The Morgan fingerprint density at radius 1 is 1.08 bits per heavy atom. The molecule has 2 aromatic rings. The van der Waals surface area contributed by atoms with Crippen LogP contribution in [0.4, 0.5) is 10.5 Å². The van der Waals surface area contributed by atoms with Crippen LogP contribution in [-0.2, 0) is 12.8 Å². The molecule has 0 unspecified atom stereocenters. The van der Waals surface area contributed by atoms with E-state index in [2.05, 4.69) is 10.6 Å². The van der Waals surface area contributed by atoms with Crippen molar-refractivity contribution in [1.82, 2.24) is 5.32 Å². The van der Waals surface area contributed by atoms with Crippen molar-refractivity contribution < 1.29 is 19.4 Å². The summed E-state index contributed by atoms with van der Waals surface area (Å²) in [6.07, 6.45) is 1.07. The van der Waals surface area contributed by atoms with Crippen molar-refractivity contribution in [2.24, 2.45) is 0 Å². The molecule has 0 aromatic heterocycles. The molecular weight excluding hydrogens is 320 g/mol. The zero-order chi connectivity index (χ0) is 17.9. The molecule has 0 aliphatic heterocycles. The van der Waals surface area contributed by atoms with Gasteiger partial charge in [0.2, 0.25) is 0 Å². The van der Waals surface area contributed by atoms with Crippen molar-refractivity contribution in [1.29, 1.82) is 0 Å². The minimum atomic E-state index is -0.959. The molecule has 6 heteroatoms. The molecule has 3 N–H and O–H groups in total. The first-order valence-corrected chi connectivity index (χ1v) is 8.10. The van der Waals surface area contributed by atoms with E-state index in [9.17, 15) is 9.90 Å². The summed E-state index contributed by atoms with van der Waals surface area (Å²) in [6.45, 7) is 0.166. The van der Waals surface area contributed by atoms with Gasteiger partial charge in [0.05, 0.1) is 25.5 Å². The smallest absolute Gasteiger partial charge is 0.319 e. The number of ether oxygens (including phenoxy) is 2. The third-order valence-corrected chi connectivity index (χ3v) is 4.39. The van der Waals surface area contributed by atoms with Crippen LogP contribution < -0.4 is 20.1 Å². The lowest BCUT2D eigenvalue weighted by Gasteiger charge is -2.23. The molecule has 25 heavy (non-hydrogen) atoms. The fraction of sp³-hybridized carbons (Fsp3) is 0.316. The number of methoxy groups -OCH3 is 2. The Bertz CT molecular complexity index is 751. The van der Waals surface area contributed by atoms with Crippen molar-refractivity contribution in [2.75, 3.05) is 26.1 Å². The van der Waals surface area contributed by atoms with Gasteiger partial charge in [0.1, 0.15) is 0 Å².